The van der Waals surface area contributed by atoms with Crippen molar-refractivity contribution >= 4 is 40.3 Å². The zero-order valence-electron chi connectivity index (χ0n) is 38.1. The second-order valence-corrected chi connectivity index (χ2v) is 18.2. The van der Waals surface area contributed by atoms with Crippen LogP contribution in [0.15, 0.2) is 119 Å². The van der Waals surface area contributed by atoms with Gasteiger partial charge in [-0.1, -0.05) is 84.9 Å². The summed E-state index contributed by atoms with van der Waals surface area (Å²) in [6.07, 6.45) is 1.68. The maximum Gasteiger partial charge on any atom is 0.407 e. The van der Waals surface area contributed by atoms with E-state index in [2.05, 4.69) is 63.7 Å². The van der Waals surface area contributed by atoms with E-state index in [1.807, 2.05) is 65.2 Å². The fraction of sp³-hybridized carbons (Fsp3) is 0.420. The van der Waals surface area contributed by atoms with E-state index in [0.29, 0.717) is 58.3 Å². The van der Waals surface area contributed by atoms with Crippen LogP contribution in [0.2, 0.25) is 0 Å². The second kappa shape index (κ2) is 21.5. The number of carbonyl (C=O) groups is 3. The number of nitrogens with zero attached hydrogens (tertiary/aromatic N) is 6. The number of hydrogen-bond donors (Lipinski definition) is 4. The number of alkyl carbamates (subject to hydrolysis) is 1. The van der Waals surface area contributed by atoms with Crippen molar-refractivity contribution in [1.29, 1.82) is 0 Å². The van der Waals surface area contributed by atoms with Crippen LogP contribution in [0.5, 0.6) is 0 Å². The van der Waals surface area contributed by atoms with Crippen molar-refractivity contribution in [1.82, 2.24) is 38.7 Å². The van der Waals surface area contributed by atoms with Crippen LogP contribution in [-0.4, -0.2) is 106 Å². The molecule has 4 aromatic carbocycles. The van der Waals surface area contributed by atoms with Crippen LogP contribution in [0.3, 0.4) is 0 Å². The normalized spacial score (nSPS) is 16.8. The fourth-order valence-electron chi connectivity index (χ4n) is 9.37. The quantitative estimate of drug-likeness (QED) is 0.0888. The number of rotatable bonds is 13. The lowest BCUT2D eigenvalue weighted by atomic mass is 9.93. The van der Waals surface area contributed by atoms with Crippen LogP contribution in [0.25, 0.3) is 22.1 Å². The maximum atomic E-state index is 13.9. The second-order valence-electron chi connectivity index (χ2n) is 18.2. The molecule has 8 rings (SSSR count). The Hall–Kier alpha value is -6.81. The van der Waals surface area contributed by atoms with Gasteiger partial charge in [0.2, 0.25) is 0 Å². The molecular weight excluding hydrogens is 841 g/mol. The number of nitrogens with one attached hydrogen (secondary N) is 2. The molecule has 0 bridgehead atoms. The van der Waals surface area contributed by atoms with Crippen molar-refractivity contribution in [3.63, 3.8) is 0 Å². The summed E-state index contributed by atoms with van der Waals surface area (Å²) in [5.74, 6) is 0. The van der Waals surface area contributed by atoms with Gasteiger partial charge in [-0.25, -0.2) is 24.0 Å². The van der Waals surface area contributed by atoms with Crippen LogP contribution < -0.4 is 16.7 Å². The minimum Gasteiger partial charge on any atom is -0.465 e. The molecule has 66 heavy (non-hydrogen) atoms. The number of para-hydroxylation sites is 4. The summed E-state index contributed by atoms with van der Waals surface area (Å²) >= 11 is 0. The molecule has 0 saturated carbocycles. The molecule has 0 aliphatic carbocycles. The molecule has 2 saturated heterocycles. The number of imidazole rings is 2. The van der Waals surface area contributed by atoms with Gasteiger partial charge in [0.05, 0.1) is 22.1 Å². The number of H-pyrrole nitrogens is 1. The summed E-state index contributed by atoms with van der Waals surface area (Å²) in [5, 5.41) is 21.8. The van der Waals surface area contributed by atoms with Gasteiger partial charge in [-0.05, 0) is 101 Å². The first-order chi connectivity index (χ1) is 31.8. The Bertz CT molecular complexity index is 2640. The van der Waals surface area contributed by atoms with E-state index in [1.165, 1.54) is 16.0 Å². The largest absolute Gasteiger partial charge is 0.465 e. The van der Waals surface area contributed by atoms with Crippen LogP contribution in [0.1, 0.15) is 82.5 Å². The number of ether oxygens (including phenoxy) is 1. The van der Waals surface area contributed by atoms with E-state index in [-0.39, 0.29) is 36.0 Å². The minimum absolute atomic E-state index is 0.0687. The average molecular weight is 903 g/mol. The van der Waals surface area contributed by atoms with E-state index >= 15 is 0 Å². The Morgan fingerprint density at radius 2 is 1.30 bits per heavy atom. The summed E-state index contributed by atoms with van der Waals surface area (Å²) in [6.45, 7) is 9.71. The molecule has 2 aliphatic heterocycles. The van der Waals surface area contributed by atoms with E-state index in [4.69, 9.17) is 9.84 Å². The third-order valence-electron chi connectivity index (χ3n) is 12.4. The fourth-order valence-corrected chi connectivity index (χ4v) is 9.37. The van der Waals surface area contributed by atoms with E-state index < -0.39 is 23.9 Å². The zero-order valence-corrected chi connectivity index (χ0v) is 38.1. The van der Waals surface area contributed by atoms with Crippen LogP contribution in [0.4, 0.5) is 14.4 Å². The first-order valence-corrected chi connectivity index (χ1v) is 22.9. The lowest BCUT2D eigenvalue weighted by molar-refractivity contribution is 0.0525. The van der Waals surface area contributed by atoms with Gasteiger partial charge in [0, 0.05) is 63.9 Å². The number of hydrogen-bond acceptors (Lipinski definition) is 7. The molecule has 0 radical (unpaired) electrons. The van der Waals surface area contributed by atoms with Gasteiger partial charge < -0.3 is 35.1 Å². The molecule has 0 spiro atoms. The number of amides is 3. The third kappa shape index (κ3) is 11.9. The van der Waals surface area contributed by atoms with Gasteiger partial charge in [-0.15, -0.1) is 0 Å². The number of carbonyl (C=O) groups excluding carboxylic acids is 1. The highest BCUT2D eigenvalue weighted by atomic mass is 16.6. The number of aromatic amines is 1. The molecule has 1 unspecified atom stereocenters. The summed E-state index contributed by atoms with van der Waals surface area (Å²) in [4.78, 5) is 69.6. The molecule has 6 aromatic rings. The molecule has 2 atom stereocenters. The van der Waals surface area contributed by atoms with Gasteiger partial charge in [0.25, 0.3) is 0 Å². The summed E-state index contributed by atoms with van der Waals surface area (Å²) in [5.41, 5.74) is 4.93. The Morgan fingerprint density at radius 1 is 0.727 bits per heavy atom. The Kier molecular flexibility index (Phi) is 15.3. The van der Waals surface area contributed by atoms with Crippen molar-refractivity contribution in [3.05, 3.63) is 141 Å². The molecule has 16 heteroatoms. The SMILES string of the molecule is CC(C)(C)OC(=O)NCCn1c(=O)n(C2CCN(C(=O)O)[C@@H](CCCN(Cc3ccccc3)Cc3ccccc3)C2)c2ccccc21.O=C(O)N1CCC(n2c(=O)[nH]c3ccccc32)CC1. The van der Waals surface area contributed by atoms with Crippen LogP contribution in [0, 0.1) is 0 Å². The first-order valence-electron chi connectivity index (χ1n) is 22.9. The number of fused-ring (bicyclic) bond motifs is 2. The molecule has 4 N–H and O–H groups in total. The minimum atomic E-state index is -0.915. The van der Waals surface area contributed by atoms with Crippen molar-refractivity contribution in [3.8, 4) is 0 Å². The highest BCUT2D eigenvalue weighted by Crippen LogP contribution is 2.32. The summed E-state index contributed by atoms with van der Waals surface area (Å²) < 4.78 is 10.6. The maximum absolute atomic E-state index is 13.9. The highest BCUT2D eigenvalue weighted by molar-refractivity contribution is 5.77. The molecule has 2 aliphatic rings. The van der Waals surface area contributed by atoms with Gasteiger partial charge >= 0.3 is 29.7 Å². The smallest absolute Gasteiger partial charge is 0.407 e. The number of benzene rings is 4. The predicted octanol–water partition coefficient (Wildman–Crippen LogP) is 8.14. The number of carboxylic acid groups (broad SMARTS) is 2. The zero-order chi connectivity index (χ0) is 46.8. The average Bonchev–Trinajstić information content (AvgIpc) is 3.78. The third-order valence-corrected chi connectivity index (χ3v) is 12.4. The van der Waals surface area contributed by atoms with Gasteiger partial charge in [0.15, 0.2) is 0 Å². The van der Waals surface area contributed by atoms with Crippen LogP contribution in [-0.2, 0) is 24.4 Å². The molecule has 2 aromatic heterocycles. The lowest BCUT2D eigenvalue weighted by Gasteiger charge is -2.38. The van der Waals surface area contributed by atoms with E-state index in [9.17, 15) is 29.1 Å². The van der Waals surface area contributed by atoms with E-state index in [1.54, 1.807) is 34.8 Å². The summed E-state index contributed by atoms with van der Waals surface area (Å²) in [7, 11) is 0. The summed E-state index contributed by atoms with van der Waals surface area (Å²) in [6, 6.07) is 35.8. The number of likely N-dealkylation sites (tertiary alicyclic amines) is 2. The van der Waals surface area contributed by atoms with Gasteiger partial charge in [-0.3, -0.25) is 18.6 Å². The standard InChI is InChI=1S/C37H47N5O5.C13H15N3O3/c1-37(2,3)47-34(43)38-21-24-41-32-18-10-11-19-33(32)42(35(41)44)31-20-23-40(36(45)46)30(25-31)17-12-22-39(26-28-13-6-4-7-14-28)27-29-15-8-5-9-16-29;17-12-14-10-3-1-2-4-11(10)16(12)9-5-7-15(8-6-9)13(18)19/h4-11,13-16,18-19,30-31H,12,17,20-27H2,1-3H3,(H,38,43)(H,45,46);1-4,9H,5-8H2,(H,14,17)(H,18,19)/t30-,31?;/m0./s1. The first kappa shape index (κ1) is 47.2. The number of aromatic nitrogens is 4. The van der Waals surface area contributed by atoms with Crippen molar-refractivity contribution in [2.24, 2.45) is 0 Å². The van der Waals surface area contributed by atoms with Crippen molar-refractivity contribution < 1.29 is 29.3 Å². The predicted molar refractivity (Wildman–Crippen MR) is 254 cm³/mol. The monoisotopic (exact) mass is 902 g/mol. The molecule has 350 valence electrons. The molecule has 2 fully saturated rings. The van der Waals surface area contributed by atoms with Crippen LogP contribution >= 0.6 is 0 Å². The number of piperidine rings is 2. The molecule has 16 nitrogen and oxygen atoms in total. The molecular formula is C50H62N8O8. The molecule has 4 heterocycles. The molecule has 3 amide bonds. The van der Waals surface area contributed by atoms with Gasteiger partial charge in [-0.2, -0.15) is 0 Å². The Balaban J connectivity index is 0.000000282. The topological polar surface area (TPSA) is 187 Å². The highest BCUT2D eigenvalue weighted by Gasteiger charge is 2.34. The Labute approximate surface area is 384 Å². The lowest BCUT2D eigenvalue weighted by Crippen LogP contribution is -2.47. The van der Waals surface area contributed by atoms with Crippen molar-refractivity contribution in [2.45, 2.75) is 103 Å². The van der Waals surface area contributed by atoms with Gasteiger partial charge in [0.1, 0.15) is 5.60 Å². The Morgan fingerprint density at radius 3 is 1.91 bits per heavy atom. The van der Waals surface area contributed by atoms with Crippen molar-refractivity contribution in [2.75, 3.05) is 32.7 Å². The van der Waals surface area contributed by atoms with E-state index in [0.717, 1.165) is 48.1 Å².